The van der Waals surface area contributed by atoms with E-state index in [1.807, 2.05) is 36.4 Å². The summed E-state index contributed by atoms with van der Waals surface area (Å²) in [4.78, 5) is 17.1. The first kappa shape index (κ1) is 19.5. The predicted octanol–water partition coefficient (Wildman–Crippen LogP) is 2.60. The Morgan fingerprint density at radius 1 is 1.09 bits per heavy atom. The number of fused-ring (bicyclic) bond motifs is 2. The van der Waals surface area contributed by atoms with E-state index in [4.69, 9.17) is 0 Å². The Morgan fingerprint density at radius 3 is 2.57 bits per heavy atom. The highest BCUT2D eigenvalue weighted by molar-refractivity contribution is 5.86. The van der Waals surface area contributed by atoms with E-state index in [1.165, 1.54) is 4.52 Å². The number of nitrogens with zero attached hydrogens (tertiary/aromatic N) is 2. The second-order valence-electron chi connectivity index (χ2n) is 5.00. The zero-order valence-corrected chi connectivity index (χ0v) is 14.6. The highest BCUT2D eigenvalue weighted by Crippen LogP contribution is 2.18. The number of rotatable bonds is 1. The van der Waals surface area contributed by atoms with Crippen molar-refractivity contribution >= 4 is 42.9 Å². The van der Waals surface area contributed by atoms with Gasteiger partial charge in [-0.3, -0.25) is 9.89 Å². The fraction of sp³-hybridized carbons (Fsp3) is 0.200. The molecule has 0 saturated heterocycles. The van der Waals surface area contributed by atoms with E-state index >= 15 is 0 Å². The number of hydrogen-bond donors (Lipinski definition) is 2. The zero-order valence-electron chi connectivity index (χ0n) is 12.1. The van der Waals surface area contributed by atoms with Crippen molar-refractivity contribution in [2.24, 2.45) is 0 Å². The molecular formula is C15H17Cl3N4O. The summed E-state index contributed by atoms with van der Waals surface area (Å²) in [6.45, 7) is 1.48. The molecule has 23 heavy (non-hydrogen) atoms. The molecule has 5 nitrogen and oxygen atoms in total. The molecule has 0 bridgehead atoms. The minimum atomic E-state index is -0.000573. The van der Waals surface area contributed by atoms with Gasteiger partial charge in [-0.05, 0) is 5.56 Å². The Bertz CT molecular complexity index is 845. The average Bonchev–Trinajstić information content (AvgIpc) is 2.93. The van der Waals surface area contributed by atoms with E-state index in [9.17, 15) is 4.79 Å². The van der Waals surface area contributed by atoms with Gasteiger partial charge in [0.05, 0.1) is 17.0 Å². The Kier molecular flexibility index (Phi) is 6.65. The van der Waals surface area contributed by atoms with Crippen LogP contribution >= 0.6 is 37.2 Å². The Balaban J connectivity index is 0.000000882. The van der Waals surface area contributed by atoms with Gasteiger partial charge in [-0.15, -0.1) is 37.2 Å². The third kappa shape index (κ3) is 3.38. The number of halogens is 3. The van der Waals surface area contributed by atoms with Crippen LogP contribution in [0.1, 0.15) is 11.3 Å². The van der Waals surface area contributed by atoms with Crippen molar-refractivity contribution in [3.8, 4) is 11.3 Å². The molecule has 1 aliphatic rings. The number of hydrogen-bond acceptors (Lipinski definition) is 3. The van der Waals surface area contributed by atoms with E-state index in [1.54, 1.807) is 0 Å². The maximum absolute atomic E-state index is 12.5. The van der Waals surface area contributed by atoms with Crippen LogP contribution in [-0.2, 0) is 13.0 Å². The van der Waals surface area contributed by atoms with Gasteiger partial charge in [-0.1, -0.05) is 30.3 Å². The number of nitrogens with one attached hydrogen (secondary N) is 2. The lowest BCUT2D eigenvalue weighted by Gasteiger charge is -2.14. The maximum atomic E-state index is 12.5. The minimum Gasteiger partial charge on any atom is -0.312 e. The zero-order chi connectivity index (χ0) is 13.5. The summed E-state index contributed by atoms with van der Waals surface area (Å²) < 4.78 is 1.54. The lowest BCUT2D eigenvalue weighted by Crippen LogP contribution is -2.33. The lowest BCUT2D eigenvalue weighted by molar-refractivity contribution is 0.617. The summed E-state index contributed by atoms with van der Waals surface area (Å²) in [5, 5.41) is 6.36. The van der Waals surface area contributed by atoms with E-state index in [0.717, 1.165) is 35.5 Å². The summed E-state index contributed by atoms with van der Waals surface area (Å²) in [5.41, 5.74) is 4.34. The van der Waals surface area contributed by atoms with Crippen molar-refractivity contribution in [3.63, 3.8) is 0 Å². The summed E-state index contributed by atoms with van der Waals surface area (Å²) in [5.74, 6) is 0. The number of H-pyrrole nitrogens is 1. The maximum Gasteiger partial charge on any atom is 0.277 e. The molecule has 0 radical (unpaired) electrons. The summed E-state index contributed by atoms with van der Waals surface area (Å²) in [6.07, 6.45) is 0.812. The summed E-state index contributed by atoms with van der Waals surface area (Å²) in [7, 11) is 0. The summed E-state index contributed by atoms with van der Waals surface area (Å²) in [6, 6.07) is 11.9. The topological polar surface area (TPSA) is 62.2 Å². The quantitative estimate of drug-likeness (QED) is 0.687. The fourth-order valence-corrected chi connectivity index (χ4v) is 2.68. The van der Waals surface area contributed by atoms with Crippen LogP contribution in [0.3, 0.4) is 0 Å². The fourth-order valence-electron chi connectivity index (χ4n) is 2.68. The molecule has 124 valence electrons. The first-order chi connectivity index (χ1) is 9.83. The molecule has 0 fully saturated rings. The number of aromatic nitrogens is 3. The molecular weight excluding hydrogens is 359 g/mol. The van der Waals surface area contributed by atoms with Gasteiger partial charge in [-0.25, -0.2) is 9.50 Å². The van der Waals surface area contributed by atoms with Gasteiger partial charge in [-0.2, -0.15) is 0 Å². The van der Waals surface area contributed by atoms with E-state index in [0.29, 0.717) is 12.2 Å². The van der Waals surface area contributed by atoms with Crippen molar-refractivity contribution in [1.82, 2.24) is 19.9 Å². The van der Waals surface area contributed by atoms with Gasteiger partial charge >= 0.3 is 0 Å². The second-order valence-corrected chi connectivity index (χ2v) is 5.00. The monoisotopic (exact) mass is 374 g/mol. The molecule has 0 atom stereocenters. The third-order valence-corrected chi connectivity index (χ3v) is 3.72. The predicted molar refractivity (Wildman–Crippen MR) is 98.4 cm³/mol. The molecule has 0 unspecified atom stereocenters. The van der Waals surface area contributed by atoms with Crippen LogP contribution in [0.4, 0.5) is 0 Å². The molecule has 0 saturated carbocycles. The molecule has 0 amide bonds. The van der Waals surface area contributed by atoms with Crippen molar-refractivity contribution in [1.29, 1.82) is 0 Å². The van der Waals surface area contributed by atoms with Gasteiger partial charge in [0, 0.05) is 25.6 Å². The first-order valence-electron chi connectivity index (χ1n) is 6.72. The average molecular weight is 376 g/mol. The van der Waals surface area contributed by atoms with Gasteiger partial charge in [0.15, 0.2) is 5.65 Å². The van der Waals surface area contributed by atoms with Gasteiger partial charge in [0.2, 0.25) is 0 Å². The van der Waals surface area contributed by atoms with E-state index < -0.39 is 0 Å². The van der Waals surface area contributed by atoms with Crippen LogP contribution in [-0.4, -0.2) is 21.1 Å². The van der Waals surface area contributed by atoms with Gasteiger partial charge in [0.25, 0.3) is 5.56 Å². The highest BCUT2D eigenvalue weighted by atomic mass is 35.5. The summed E-state index contributed by atoms with van der Waals surface area (Å²) >= 11 is 0. The van der Waals surface area contributed by atoms with Crippen LogP contribution in [0.5, 0.6) is 0 Å². The lowest BCUT2D eigenvalue weighted by atomic mass is 10.1. The molecule has 0 aliphatic carbocycles. The standard InChI is InChI=1S/C15H14N4O.3ClH/c20-15-11-9-16-7-6-12(11)17-14-8-13(18-19(14)15)10-4-2-1-3-5-10;;;/h1-5,8,16,18H,6-7,9H2;3*1H. The van der Waals surface area contributed by atoms with Crippen molar-refractivity contribution in [2.45, 2.75) is 13.0 Å². The molecule has 2 aromatic heterocycles. The second kappa shape index (κ2) is 7.84. The number of benzene rings is 1. The Labute approximate surface area is 151 Å². The van der Waals surface area contributed by atoms with Crippen molar-refractivity contribution in [3.05, 3.63) is 58.0 Å². The normalized spacial score (nSPS) is 12.5. The highest BCUT2D eigenvalue weighted by Gasteiger charge is 2.17. The molecule has 1 aromatic carbocycles. The molecule has 8 heteroatoms. The van der Waals surface area contributed by atoms with E-state index in [-0.39, 0.29) is 42.8 Å². The molecule has 4 rings (SSSR count). The smallest absolute Gasteiger partial charge is 0.277 e. The Morgan fingerprint density at radius 2 is 1.83 bits per heavy atom. The van der Waals surface area contributed by atoms with Gasteiger partial charge < -0.3 is 5.32 Å². The molecule has 1 aliphatic heterocycles. The van der Waals surface area contributed by atoms with Crippen LogP contribution in [0, 0.1) is 0 Å². The third-order valence-electron chi connectivity index (χ3n) is 3.72. The van der Waals surface area contributed by atoms with Crippen molar-refractivity contribution < 1.29 is 0 Å². The van der Waals surface area contributed by atoms with Crippen LogP contribution < -0.4 is 10.9 Å². The first-order valence-corrected chi connectivity index (χ1v) is 6.72. The van der Waals surface area contributed by atoms with Crippen LogP contribution in [0.25, 0.3) is 16.9 Å². The van der Waals surface area contributed by atoms with Gasteiger partial charge in [0.1, 0.15) is 0 Å². The van der Waals surface area contributed by atoms with Crippen LogP contribution in [0.15, 0.2) is 41.2 Å². The Hall–Kier alpha value is -1.53. The SMILES string of the molecule is Cl.Cl.Cl.O=c1c2c(nc3cc(-c4ccccc4)[nH]n13)CCNC2. The minimum absolute atomic E-state index is 0. The molecule has 3 heterocycles. The van der Waals surface area contributed by atoms with Crippen molar-refractivity contribution in [2.75, 3.05) is 6.54 Å². The molecule has 2 N–H and O–H groups in total. The molecule has 0 spiro atoms. The molecule has 3 aromatic rings. The van der Waals surface area contributed by atoms with E-state index in [2.05, 4.69) is 15.4 Å². The van der Waals surface area contributed by atoms with Crippen LogP contribution in [0.2, 0.25) is 0 Å². The number of aromatic amines is 1. The largest absolute Gasteiger partial charge is 0.312 e.